The smallest absolute Gasteiger partial charge is 0.309 e. The number of carbonyl (C=O) groups is 4. The predicted molar refractivity (Wildman–Crippen MR) is 137 cm³/mol. The molecule has 8 nitrogen and oxygen atoms in total. The van der Waals surface area contributed by atoms with E-state index in [1.54, 1.807) is 9.80 Å². The highest BCUT2D eigenvalue weighted by molar-refractivity contribution is 6.07. The molecule has 38 heavy (non-hydrogen) atoms. The molecule has 2 aromatic rings. The number of hydrogen-bond donors (Lipinski definition) is 2. The standard InChI is InChI=1S/C30H32N2O6/c33-25(34)23-13-11-21(19-7-3-1-4-8-19)17-29(23)27(37)31(29)15-16-32-28(38)30(32)18-22(12-14-24(30)26(35)36)20-9-5-2-6-10-20/h1-10,21-24H,11-18H2,(H,33,34)(H,35,36). The zero-order valence-electron chi connectivity index (χ0n) is 21.2. The molecule has 0 aromatic heterocycles. The number of carboxylic acids is 2. The SMILES string of the molecule is O=C(O)C1CCC(c2ccccc2)CC12C(=O)N2CCN1C(=O)C12CC(c1ccccc1)CCC2C(=O)O. The van der Waals surface area contributed by atoms with Crippen LogP contribution in [-0.4, -0.2) is 67.9 Å². The molecule has 2 saturated heterocycles. The maximum atomic E-state index is 13.2. The van der Waals surface area contributed by atoms with Crippen molar-refractivity contribution in [3.63, 3.8) is 0 Å². The summed E-state index contributed by atoms with van der Waals surface area (Å²) < 4.78 is 0. The van der Waals surface area contributed by atoms with Crippen LogP contribution in [0.4, 0.5) is 0 Å². The maximum absolute atomic E-state index is 13.2. The molecule has 6 rings (SSSR count). The number of nitrogens with zero attached hydrogens (tertiary/aromatic N) is 2. The van der Waals surface area contributed by atoms with Crippen molar-refractivity contribution in [2.24, 2.45) is 11.8 Å². The lowest BCUT2D eigenvalue weighted by Crippen LogP contribution is -2.43. The van der Waals surface area contributed by atoms with Crippen molar-refractivity contribution in [2.45, 2.75) is 61.4 Å². The number of benzene rings is 2. The second kappa shape index (κ2) is 8.96. The van der Waals surface area contributed by atoms with E-state index in [0.717, 1.165) is 11.1 Å². The molecular weight excluding hydrogens is 484 g/mol. The third kappa shape index (κ3) is 3.64. The van der Waals surface area contributed by atoms with E-state index in [1.165, 1.54) is 0 Å². The fraction of sp³-hybridized carbons (Fsp3) is 0.467. The van der Waals surface area contributed by atoms with Crippen molar-refractivity contribution in [1.29, 1.82) is 0 Å². The van der Waals surface area contributed by atoms with Crippen LogP contribution in [0.15, 0.2) is 60.7 Å². The lowest BCUT2D eigenvalue weighted by atomic mass is 9.70. The minimum atomic E-state index is -1.05. The molecule has 2 aliphatic carbocycles. The Morgan fingerprint density at radius 1 is 0.658 bits per heavy atom. The van der Waals surface area contributed by atoms with Gasteiger partial charge in [-0.05, 0) is 61.5 Å². The highest BCUT2D eigenvalue weighted by Gasteiger charge is 2.73. The van der Waals surface area contributed by atoms with E-state index in [4.69, 9.17) is 0 Å². The van der Waals surface area contributed by atoms with E-state index in [9.17, 15) is 29.4 Å². The molecule has 0 bridgehead atoms. The van der Waals surface area contributed by atoms with Gasteiger partial charge < -0.3 is 20.0 Å². The normalized spacial score (nSPS) is 34.0. The van der Waals surface area contributed by atoms with Gasteiger partial charge in [0.1, 0.15) is 11.1 Å². The maximum Gasteiger partial charge on any atom is 0.309 e. The molecular formula is C30H32N2O6. The van der Waals surface area contributed by atoms with Gasteiger partial charge in [-0.1, -0.05) is 60.7 Å². The molecule has 0 radical (unpaired) electrons. The van der Waals surface area contributed by atoms with Gasteiger partial charge >= 0.3 is 11.9 Å². The number of carbonyl (C=O) groups excluding carboxylic acids is 2. The molecule has 2 saturated carbocycles. The van der Waals surface area contributed by atoms with Crippen LogP contribution in [0.25, 0.3) is 0 Å². The summed E-state index contributed by atoms with van der Waals surface area (Å²) in [4.78, 5) is 54.1. The second-order valence-electron chi connectivity index (χ2n) is 11.3. The van der Waals surface area contributed by atoms with Crippen molar-refractivity contribution in [1.82, 2.24) is 9.80 Å². The van der Waals surface area contributed by atoms with Gasteiger partial charge in [0.05, 0.1) is 11.8 Å². The summed E-state index contributed by atoms with van der Waals surface area (Å²) in [6, 6.07) is 19.8. The van der Waals surface area contributed by atoms with Gasteiger partial charge in [0.25, 0.3) is 0 Å². The van der Waals surface area contributed by atoms with Crippen LogP contribution in [0.5, 0.6) is 0 Å². The van der Waals surface area contributed by atoms with E-state index in [1.807, 2.05) is 60.7 Å². The Kier molecular flexibility index (Phi) is 5.81. The molecule has 4 aliphatic rings. The minimum Gasteiger partial charge on any atom is -0.481 e. The van der Waals surface area contributed by atoms with Crippen LogP contribution in [-0.2, 0) is 19.2 Å². The average Bonchev–Trinajstić information content (AvgIpc) is 3.70. The van der Waals surface area contributed by atoms with Gasteiger partial charge in [0.2, 0.25) is 11.8 Å². The molecule has 2 heterocycles. The Hall–Kier alpha value is -3.68. The Bertz CT molecular complexity index is 1180. The van der Waals surface area contributed by atoms with Crippen molar-refractivity contribution < 1.29 is 29.4 Å². The van der Waals surface area contributed by atoms with Crippen LogP contribution in [0.2, 0.25) is 0 Å². The van der Waals surface area contributed by atoms with Crippen molar-refractivity contribution >= 4 is 23.8 Å². The quantitative estimate of drug-likeness (QED) is 0.545. The number of amides is 2. The zero-order valence-corrected chi connectivity index (χ0v) is 21.2. The third-order valence-corrected chi connectivity index (χ3v) is 9.66. The van der Waals surface area contributed by atoms with Gasteiger partial charge in [-0.15, -0.1) is 0 Å². The monoisotopic (exact) mass is 516 g/mol. The van der Waals surface area contributed by atoms with Gasteiger partial charge in [-0.3, -0.25) is 19.2 Å². The zero-order chi connectivity index (χ0) is 26.7. The van der Waals surface area contributed by atoms with Crippen molar-refractivity contribution in [3.8, 4) is 0 Å². The van der Waals surface area contributed by atoms with Crippen LogP contribution in [0.1, 0.15) is 61.5 Å². The second-order valence-corrected chi connectivity index (χ2v) is 11.3. The number of carboxylic acid groups (broad SMARTS) is 2. The molecule has 2 N–H and O–H groups in total. The molecule has 8 heteroatoms. The van der Waals surface area contributed by atoms with Gasteiger partial charge in [0, 0.05) is 13.1 Å². The highest BCUT2D eigenvalue weighted by atomic mass is 16.4. The minimum absolute atomic E-state index is 0.0938. The number of rotatable bonds is 7. The number of hydrogen-bond acceptors (Lipinski definition) is 4. The molecule has 2 aliphatic heterocycles. The molecule has 6 atom stereocenters. The summed E-state index contributed by atoms with van der Waals surface area (Å²) in [6.07, 6.45) is 3.14. The topological polar surface area (TPSA) is 115 Å². The summed E-state index contributed by atoms with van der Waals surface area (Å²) in [5.74, 6) is -3.64. The molecule has 4 fully saturated rings. The molecule has 198 valence electrons. The Morgan fingerprint density at radius 2 is 1.03 bits per heavy atom. The first-order valence-electron chi connectivity index (χ1n) is 13.5. The lowest BCUT2D eigenvalue weighted by molar-refractivity contribution is -0.146. The number of aliphatic carboxylic acids is 2. The first-order valence-corrected chi connectivity index (χ1v) is 13.5. The fourth-order valence-electron chi connectivity index (χ4n) is 7.64. The van der Waals surface area contributed by atoms with Crippen molar-refractivity contribution in [2.75, 3.05) is 13.1 Å². The molecule has 2 spiro atoms. The van der Waals surface area contributed by atoms with Gasteiger partial charge in [0.15, 0.2) is 0 Å². The highest BCUT2D eigenvalue weighted by Crippen LogP contribution is 2.56. The van der Waals surface area contributed by atoms with Crippen LogP contribution in [0.3, 0.4) is 0 Å². The van der Waals surface area contributed by atoms with E-state index >= 15 is 0 Å². The van der Waals surface area contributed by atoms with E-state index in [-0.39, 0.29) is 36.7 Å². The predicted octanol–water partition coefficient (Wildman–Crippen LogP) is 3.49. The Morgan fingerprint density at radius 3 is 1.37 bits per heavy atom. The molecule has 6 unspecified atom stereocenters. The average molecular weight is 517 g/mol. The van der Waals surface area contributed by atoms with E-state index < -0.39 is 34.9 Å². The summed E-state index contributed by atoms with van der Waals surface area (Å²) in [5.41, 5.74) is 0.104. The van der Waals surface area contributed by atoms with Crippen molar-refractivity contribution in [3.05, 3.63) is 71.8 Å². The fourth-order valence-corrected chi connectivity index (χ4v) is 7.64. The summed E-state index contributed by atoms with van der Waals surface area (Å²) >= 11 is 0. The summed E-state index contributed by atoms with van der Waals surface area (Å²) in [7, 11) is 0. The lowest BCUT2D eigenvalue weighted by Gasteiger charge is -2.34. The van der Waals surface area contributed by atoms with Crippen LogP contribution in [0, 0.1) is 11.8 Å². The molecule has 2 aromatic carbocycles. The first kappa shape index (κ1) is 24.6. The van der Waals surface area contributed by atoms with Crippen LogP contribution >= 0.6 is 0 Å². The van der Waals surface area contributed by atoms with E-state index in [2.05, 4.69) is 0 Å². The third-order valence-electron chi connectivity index (χ3n) is 9.66. The summed E-state index contributed by atoms with van der Waals surface area (Å²) in [5, 5.41) is 19.9. The largest absolute Gasteiger partial charge is 0.481 e. The Balaban J connectivity index is 1.20. The van der Waals surface area contributed by atoms with Gasteiger partial charge in [-0.2, -0.15) is 0 Å². The van der Waals surface area contributed by atoms with E-state index in [0.29, 0.717) is 38.5 Å². The first-order chi connectivity index (χ1) is 18.3. The molecule has 2 amide bonds. The van der Waals surface area contributed by atoms with Crippen LogP contribution < -0.4 is 0 Å². The Labute approximate surface area is 221 Å². The summed E-state index contributed by atoms with van der Waals surface area (Å²) in [6.45, 7) is 0.444. The van der Waals surface area contributed by atoms with Gasteiger partial charge in [-0.25, -0.2) is 0 Å².